The zero-order valence-corrected chi connectivity index (χ0v) is 13.7. The van der Waals surface area contributed by atoms with E-state index in [4.69, 9.17) is 4.74 Å². The van der Waals surface area contributed by atoms with Gasteiger partial charge in [-0.2, -0.15) is 0 Å². The van der Waals surface area contributed by atoms with Crippen LogP contribution in [-0.2, 0) is 16.1 Å². The van der Waals surface area contributed by atoms with E-state index in [2.05, 4.69) is 20.8 Å². The van der Waals surface area contributed by atoms with Gasteiger partial charge in [0.2, 0.25) is 11.1 Å². The third kappa shape index (κ3) is 4.29. The molecule has 2 aromatic rings. The number of carbonyl (C=O) groups is 1. The predicted molar refractivity (Wildman–Crippen MR) is 87.2 cm³/mol. The van der Waals surface area contributed by atoms with Gasteiger partial charge < -0.3 is 10.1 Å². The maximum absolute atomic E-state index is 12.3. The number of amides is 1. The van der Waals surface area contributed by atoms with Gasteiger partial charge >= 0.3 is 0 Å². The van der Waals surface area contributed by atoms with Crippen LogP contribution in [0.1, 0.15) is 19.8 Å². The van der Waals surface area contributed by atoms with Gasteiger partial charge in [-0.1, -0.05) is 30.0 Å². The quantitative estimate of drug-likeness (QED) is 0.814. The Labute approximate surface area is 138 Å². The average molecular weight is 333 g/mol. The third-order valence-corrected chi connectivity index (χ3v) is 4.66. The topological polar surface area (TPSA) is 81.9 Å². The zero-order valence-electron chi connectivity index (χ0n) is 12.9. The van der Waals surface area contributed by atoms with Gasteiger partial charge in [-0.3, -0.25) is 4.79 Å². The summed E-state index contributed by atoms with van der Waals surface area (Å²) in [5, 5.41) is 14.9. The third-order valence-electron chi connectivity index (χ3n) is 3.59. The van der Waals surface area contributed by atoms with E-state index >= 15 is 0 Å². The number of carbonyl (C=O) groups excluding carboxylic acids is 1. The van der Waals surface area contributed by atoms with Gasteiger partial charge in [-0.25, -0.2) is 4.68 Å². The van der Waals surface area contributed by atoms with Crippen LogP contribution in [0.15, 0.2) is 35.5 Å². The Bertz CT molecular complexity index is 642. The number of nitrogens with one attached hydrogen (secondary N) is 1. The Morgan fingerprint density at radius 1 is 1.48 bits per heavy atom. The second kappa shape index (κ2) is 7.56. The van der Waals surface area contributed by atoms with Crippen LogP contribution in [0.25, 0.3) is 0 Å². The lowest BCUT2D eigenvalue weighted by Crippen LogP contribution is -2.23. The van der Waals surface area contributed by atoms with E-state index in [1.54, 1.807) is 4.68 Å². The first-order chi connectivity index (χ1) is 11.2. The first-order valence-electron chi connectivity index (χ1n) is 7.62. The fourth-order valence-electron chi connectivity index (χ4n) is 2.35. The van der Waals surface area contributed by atoms with Gasteiger partial charge in [0.25, 0.3) is 0 Å². The highest BCUT2D eigenvalue weighted by atomic mass is 32.2. The van der Waals surface area contributed by atoms with Gasteiger partial charge in [-0.05, 0) is 42.3 Å². The maximum atomic E-state index is 12.3. The summed E-state index contributed by atoms with van der Waals surface area (Å²) in [7, 11) is 0. The lowest BCUT2D eigenvalue weighted by atomic mass is 10.2. The number of para-hydroxylation sites is 1. The van der Waals surface area contributed by atoms with Crippen LogP contribution in [0, 0.1) is 0 Å². The number of thioether (sulfide) groups is 1. The molecule has 1 amide bonds. The Morgan fingerprint density at radius 3 is 3.04 bits per heavy atom. The van der Waals surface area contributed by atoms with Crippen molar-refractivity contribution in [3.05, 3.63) is 30.3 Å². The van der Waals surface area contributed by atoms with Gasteiger partial charge in [0.1, 0.15) is 0 Å². The van der Waals surface area contributed by atoms with Crippen molar-refractivity contribution in [2.75, 3.05) is 11.9 Å². The molecule has 1 saturated heterocycles. The molecule has 0 bridgehead atoms. The van der Waals surface area contributed by atoms with Crippen molar-refractivity contribution < 1.29 is 9.53 Å². The van der Waals surface area contributed by atoms with E-state index in [-0.39, 0.29) is 17.3 Å². The van der Waals surface area contributed by atoms with Crippen molar-refractivity contribution in [3.63, 3.8) is 0 Å². The standard InChI is InChI=1S/C15H19N5O2S/c1-11(14(21)16-12-6-3-2-4-7-12)23-15-17-18-19-20(15)10-13-8-5-9-22-13/h2-4,6-7,11,13H,5,8-10H2,1H3,(H,16,21). The minimum absolute atomic E-state index is 0.0760. The Morgan fingerprint density at radius 2 is 2.30 bits per heavy atom. The van der Waals surface area contributed by atoms with Crippen molar-refractivity contribution in [1.82, 2.24) is 20.2 Å². The van der Waals surface area contributed by atoms with Gasteiger partial charge in [-0.15, -0.1) is 5.10 Å². The smallest absolute Gasteiger partial charge is 0.237 e. The van der Waals surface area contributed by atoms with Crippen LogP contribution >= 0.6 is 11.8 Å². The molecule has 1 aliphatic heterocycles. The predicted octanol–water partition coefficient (Wildman–Crippen LogP) is 1.97. The molecular formula is C15H19N5O2S. The second-order valence-electron chi connectivity index (χ2n) is 5.39. The van der Waals surface area contributed by atoms with E-state index in [9.17, 15) is 4.79 Å². The van der Waals surface area contributed by atoms with Gasteiger partial charge in [0.05, 0.1) is 17.9 Å². The number of rotatable bonds is 6. The van der Waals surface area contributed by atoms with Crippen LogP contribution in [0.4, 0.5) is 5.69 Å². The normalized spacial score (nSPS) is 18.7. The summed E-state index contributed by atoms with van der Waals surface area (Å²) in [4.78, 5) is 12.3. The summed E-state index contributed by atoms with van der Waals surface area (Å²) in [6, 6.07) is 9.39. The Hall–Kier alpha value is -1.93. The van der Waals surface area contributed by atoms with E-state index in [1.807, 2.05) is 37.3 Å². The minimum atomic E-state index is -0.301. The number of tetrazole rings is 1. The summed E-state index contributed by atoms with van der Waals surface area (Å²) in [5.41, 5.74) is 0.781. The minimum Gasteiger partial charge on any atom is -0.376 e. The van der Waals surface area contributed by atoms with E-state index in [0.717, 1.165) is 25.1 Å². The van der Waals surface area contributed by atoms with Crippen molar-refractivity contribution in [2.45, 2.75) is 42.8 Å². The highest BCUT2D eigenvalue weighted by molar-refractivity contribution is 8.00. The van der Waals surface area contributed by atoms with Gasteiger partial charge in [0, 0.05) is 12.3 Å². The maximum Gasteiger partial charge on any atom is 0.237 e. The SMILES string of the molecule is CC(Sc1nnnn1CC1CCCO1)C(=O)Nc1ccccc1. The summed E-state index contributed by atoms with van der Waals surface area (Å²) in [5.74, 6) is -0.0760. The molecule has 2 heterocycles. The number of nitrogens with zero attached hydrogens (tertiary/aromatic N) is 4. The number of anilines is 1. The molecule has 3 rings (SSSR count). The number of aromatic nitrogens is 4. The number of benzene rings is 1. The van der Waals surface area contributed by atoms with Crippen molar-refractivity contribution in [1.29, 1.82) is 0 Å². The number of hydrogen-bond donors (Lipinski definition) is 1. The molecule has 0 saturated carbocycles. The molecule has 1 aromatic heterocycles. The van der Waals surface area contributed by atoms with Crippen LogP contribution in [0.2, 0.25) is 0 Å². The molecule has 1 aromatic carbocycles. The second-order valence-corrected chi connectivity index (χ2v) is 6.70. The molecule has 8 heteroatoms. The average Bonchev–Trinajstić information content (AvgIpc) is 3.21. The van der Waals surface area contributed by atoms with Crippen molar-refractivity contribution >= 4 is 23.4 Å². The fraction of sp³-hybridized carbons (Fsp3) is 0.467. The molecule has 1 fully saturated rings. The molecule has 1 N–H and O–H groups in total. The van der Waals surface area contributed by atoms with Gasteiger partial charge in [0.15, 0.2) is 0 Å². The molecule has 0 radical (unpaired) electrons. The lowest BCUT2D eigenvalue weighted by molar-refractivity contribution is -0.115. The van der Waals surface area contributed by atoms with E-state index in [1.165, 1.54) is 11.8 Å². The van der Waals surface area contributed by atoms with Crippen LogP contribution in [0.3, 0.4) is 0 Å². The molecule has 2 atom stereocenters. The largest absolute Gasteiger partial charge is 0.376 e. The molecule has 122 valence electrons. The molecule has 2 unspecified atom stereocenters. The number of hydrogen-bond acceptors (Lipinski definition) is 6. The number of ether oxygens (including phenoxy) is 1. The van der Waals surface area contributed by atoms with Crippen LogP contribution in [-0.4, -0.2) is 44.1 Å². The van der Waals surface area contributed by atoms with E-state index < -0.39 is 0 Å². The molecule has 1 aliphatic rings. The first-order valence-corrected chi connectivity index (χ1v) is 8.50. The molecule has 7 nitrogen and oxygen atoms in total. The van der Waals surface area contributed by atoms with Crippen molar-refractivity contribution in [2.24, 2.45) is 0 Å². The summed E-state index contributed by atoms with van der Waals surface area (Å²) in [6.45, 7) is 3.27. The van der Waals surface area contributed by atoms with Crippen LogP contribution in [0.5, 0.6) is 0 Å². The lowest BCUT2D eigenvalue weighted by Gasteiger charge is -2.13. The Balaban J connectivity index is 1.58. The van der Waals surface area contributed by atoms with Crippen LogP contribution < -0.4 is 5.32 Å². The summed E-state index contributed by atoms with van der Waals surface area (Å²) in [6.07, 6.45) is 2.26. The summed E-state index contributed by atoms with van der Waals surface area (Å²) < 4.78 is 7.32. The highest BCUT2D eigenvalue weighted by Gasteiger charge is 2.22. The van der Waals surface area contributed by atoms with E-state index in [0.29, 0.717) is 11.7 Å². The summed E-state index contributed by atoms with van der Waals surface area (Å²) >= 11 is 1.35. The highest BCUT2D eigenvalue weighted by Crippen LogP contribution is 2.23. The monoisotopic (exact) mass is 333 g/mol. The van der Waals surface area contributed by atoms with Crippen molar-refractivity contribution in [3.8, 4) is 0 Å². The molecule has 23 heavy (non-hydrogen) atoms. The molecule has 0 aliphatic carbocycles. The zero-order chi connectivity index (χ0) is 16.1. The first kappa shape index (κ1) is 15.9. The molecule has 0 spiro atoms. The Kier molecular flexibility index (Phi) is 5.24. The molecular weight excluding hydrogens is 314 g/mol. The fourth-order valence-corrected chi connectivity index (χ4v) is 3.15.